The third kappa shape index (κ3) is 2.74. The quantitative estimate of drug-likeness (QED) is 0.657. The van der Waals surface area contributed by atoms with E-state index in [-0.39, 0.29) is 5.11 Å². The molecule has 0 radical (unpaired) electrons. The molecular formula is C17H14ClN3O2S. The predicted octanol–water partition coefficient (Wildman–Crippen LogP) is 3.49. The Bertz CT molecular complexity index is 834. The molecule has 0 bridgehead atoms. The van der Waals surface area contributed by atoms with Crippen LogP contribution in [-0.4, -0.2) is 34.0 Å². The second kappa shape index (κ2) is 6.22. The van der Waals surface area contributed by atoms with Gasteiger partial charge in [-0.2, -0.15) is 5.01 Å². The van der Waals surface area contributed by atoms with E-state index in [0.717, 1.165) is 10.6 Å². The highest BCUT2D eigenvalue weighted by Gasteiger charge is 2.38. The zero-order valence-electron chi connectivity index (χ0n) is 13.0. The summed E-state index contributed by atoms with van der Waals surface area (Å²) in [6.07, 6.45) is 0. The van der Waals surface area contributed by atoms with Crippen LogP contribution >= 0.6 is 23.8 Å². The van der Waals surface area contributed by atoms with Gasteiger partial charge in [0.15, 0.2) is 5.11 Å². The van der Waals surface area contributed by atoms with E-state index in [1.165, 1.54) is 5.01 Å². The van der Waals surface area contributed by atoms with E-state index in [4.69, 9.17) is 23.8 Å². The standard InChI is InChI=1S/C17H14ClN3O2S/c1-10-7-8-11(9-14(10)18)19-17(24)20(2)21-15(22)12-5-3-4-6-13(12)16(21)23/h3-9H,1-2H3,(H,19,24). The molecule has 1 N–H and O–H groups in total. The van der Waals surface area contributed by atoms with Crippen molar-refractivity contribution in [2.75, 3.05) is 12.4 Å². The number of hydrogen-bond acceptors (Lipinski definition) is 3. The van der Waals surface area contributed by atoms with Crippen LogP contribution in [0.15, 0.2) is 42.5 Å². The van der Waals surface area contributed by atoms with E-state index in [1.54, 1.807) is 37.4 Å². The number of thiocarbonyl (C=S) groups is 1. The monoisotopic (exact) mass is 359 g/mol. The van der Waals surface area contributed by atoms with Crippen molar-refractivity contribution in [2.45, 2.75) is 6.92 Å². The number of aryl methyl sites for hydroxylation is 1. The molecule has 0 saturated carbocycles. The van der Waals surface area contributed by atoms with Crippen molar-refractivity contribution in [2.24, 2.45) is 0 Å². The summed E-state index contributed by atoms with van der Waals surface area (Å²) in [6.45, 7) is 1.90. The van der Waals surface area contributed by atoms with Crippen LogP contribution in [0.1, 0.15) is 26.3 Å². The Morgan fingerprint density at radius 1 is 1.12 bits per heavy atom. The number of halogens is 1. The van der Waals surface area contributed by atoms with Crippen molar-refractivity contribution in [3.8, 4) is 0 Å². The smallest absolute Gasteiger partial charge is 0.280 e. The van der Waals surface area contributed by atoms with Gasteiger partial charge in [-0.25, -0.2) is 0 Å². The first-order chi connectivity index (χ1) is 11.4. The fourth-order valence-electron chi connectivity index (χ4n) is 2.41. The van der Waals surface area contributed by atoms with Crippen molar-refractivity contribution >= 4 is 46.4 Å². The van der Waals surface area contributed by atoms with Gasteiger partial charge >= 0.3 is 0 Å². The summed E-state index contributed by atoms with van der Waals surface area (Å²) in [6, 6.07) is 12.1. The van der Waals surface area contributed by atoms with Gasteiger partial charge in [0.25, 0.3) is 11.8 Å². The van der Waals surface area contributed by atoms with Crippen LogP contribution in [0, 0.1) is 6.92 Å². The van der Waals surface area contributed by atoms with Gasteiger partial charge in [-0.3, -0.25) is 14.6 Å². The first-order valence-electron chi connectivity index (χ1n) is 7.18. The first kappa shape index (κ1) is 16.4. The summed E-state index contributed by atoms with van der Waals surface area (Å²) < 4.78 is 0. The predicted molar refractivity (Wildman–Crippen MR) is 97.1 cm³/mol. The number of hydrogen-bond donors (Lipinski definition) is 1. The van der Waals surface area contributed by atoms with E-state index in [9.17, 15) is 9.59 Å². The second-order valence-electron chi connectivity index (χ2n) is 5.39. The maximum atomic E-state index is 12.5. The number of anilines is 1. The lowest BCUT2D eigenvalue weighted by Gasteiger charge is -2.28. The number of carbonyl (C=O) groups is 2. The van der Waals surface area contributed by atoms with Gasteiger partial charge in [-0.1, -0.05) is 29.8 Å². The Balaban J connectivity index is 1.80. The lowest BCUT2D eigenvalue weighted by Crippen LogP contribution is -2.48. The Labute approximate surface area is 149 Å². The summed E-state index contributed by atoms with van der Waals surface area (Å²) in [5, 5.41) is 6.15. The Morgan fingerprint density at radius 2 is 1.71 bits per heavy atom. The first-order valence-corrected chi connectivity index (χ1v) is 7.97. The van der Waals surface area contributed by atoms with Crippen molar-refractivity contribution in [1.29, 1.82) is 0 Å². The maximum absolute atomic E-state index is 12.5. The van der Waals surface area contributed by atoms with E-state index in [1.807, 2.05) is 19.1 Å². The van der Waals surface area contributed by atoms with Gasteiger partial charge in [0.2, 0.25) is 0 Å². The summed E-state index contributed by atoms with van der Waals surface area (Å²) in [5.74, 6) is -0.798. The van der Waals surface area contributed by atoms with Crippen LogP contribution in [0.4, 0.5) is 5.69 Å². The molecule has 2 aromatic rings. The SMILES string of the molecule is Cc1ccc(NC(=S)N(C)N2C(=O)c3ccccc3C2=O)cc1Cl. The number of fused-ring (bicyclic) bond motifs is 1. The highest BCUT2D eigenvalue weighted by Crippen LogP contribution is 2.24. The summed E-state index contributed by atoms with van der Waals surface area (Å²) in [5.41, 5.74) is 2.37. The molecule has 0 aliphatic carbocycles. The molecule has 0 atom stereocenters. The summed E-state index contributed by atoms with van der Waals surface area (Å²) >= 11 is 11.4. The number of nitrogens with one attached hydrogen (secondary N) is 1. The average Bonchev–Trinajstić information content (AvgIpc) is 2.82. The van der Waals surface area contributed by atoms with Crippen molar-refractivity contribution in [1.82, 2.24) is 10.0 Å². The van der Waals surface area contributed by atoms with E-state index < -0.39 is 11.8 Å². The fourth-order valence-corrected chi connectivity index (χ4v) is 2.79. The zero-order chi connectivity index (χ0) is 17.4. The van der Waals surface area contributed by atoms with Gasteiger partial charge in [-0.15, -0.1) is 0 Å². The van der Waals surface area contributed by atoms with Gasteiger partial charge in [0.05, 0.1) is 11.1 Å². The van der Waals surface area contributed by atoms with Crippen molar-refractivity contribution in [3.05, 3.63) is 64.2 Å². The molecular weight excluding hydrogens is 346 g/mol. The molecule has 2 aromatic carbocycles. The van der Waals surface area contributed by atoms with Crippen LogP contribution in [0.5, 0.6) is 0 Å². The third-order valence-electron chi connectivity index (χ3n) is 3.79. The Morgan fingerprint density at radius 3 is 2.25 bits per heavy atom. The molecule has 0 aromatic heterocycles. The number of benzene rings is 2. The largest absolute Gasteiger partial charge is 0.331 e. The number of hydrazine groups is 1. The molecule has 1 aliphatic rings. The fraction of sp³-hybridized carbons (Fsp3) is 0.118. The minimum atomic E-state index is -0.399. The molecule has 2 amide bonds. The molecule has 1 aliphatic heterocycles. The number of rotatable bonds is 2. The molecule has 0 fully saturated rings. The normalized spacial score (nSPS) is 13.0. The van der Waals surface area contributed by atoms with Crippen molar-refractivity contribution in [3.63, 3.8) is 0 Å². The lowest BCUT2D eigenvalue weighted by atomic mass is 10.1. The zero-order valence-corrected chi connectivity index (χ0v) is 14.6. The maximum Gasteiger partial charge on any atom is 0.280 e. The van der Waals surface area contributed by atoms with Gasteiger partial charge in [-0.05, 0) is 49.0 Å². The molecule has 7 heteroatoms. The Hall–Kier alpha value is -2.44. The molecule has 0 saturated heterocycles. The molecule has 3 rings (SSSR count). The number of amides is 2. The second-order valence-corrected chi connectivity index (χ2v) is 6.18. The average molecular weight is 360 g/mol. The Kier molecular flexibility index (Phi) is 4.26. The third-order valence-corrected chi connectivity index (χ3v) is 4.56. The van der Waals surface area contributed by atoms with Gasteiger partial charge < -0.3 is 5.32 Å². The number of carbonyl (C=O) groups excluding carboxylic acids is 2. The molecule has 1 heterocycles. The molecule has 122 valence electrons. The highest BCUT2D eigenvalue weighted by molar-refractivity contribution is 7.80. The topological polar surface area (TPSA) is 52.6 Å². The van der Waals surface area contributed by atoms with E-state index in [2.05, 4.69) is 5.32 Å². The van der Waals surface area contributed by atoms with Gasteiger partial charge in [0.1, 0.15) is 0 Å². The lowest BCUT2D eigenvalue weighted by molar-refractivity contribution is 0.0366. The van der Waals surface area contributed by atoms with E-state index >= 15 is 0 Å². The molecule has 0 unspecified atom stereocenters. The highest BCUT2D eigenvalue weighted by atomic mass is 35.5. The molecule has 0 spiro atoms. The summed E-state index contributed by atoms with van der Waals surface area (Å²) in [4.78, 5) is 24.9. The number of nitrogens with zero attached hydrogens (tertiary/aromatic N) is 2. The molecule has 24 heavy (non-hydrogen) atoms. The van der Waals surface area contributed by atoms with Gasteiger partial charge in [0, 0.05) is 17.8 Å². The summed E-state index contributed by atoms with van der Waals surface area (Å²) in [7, 11) is 1.56. The molecule has 5 nitrogen and oxygen atoms in total. The van der Waals surface area contributed by atoms with Crippen LogP contribution in [0.2, 0.25) is 5.02 Å². The van der Waals surface area contributed by atoms with Crippen molar-refractivity contribution < 1.29 is 9.59 Å². The van der Waals surface area contributed by atoms with Crippen LogP contribution in [0.3, 0.4) is 0 Å². The minimum absolute atomic E-state index is 0.212. The van der Waals surface area contributed by atoms with Crippen LogP contribution in [-0.2, 0) is 0 Å². The minimum Gasteiger partial charge on any atom is -0.331 e. The van der Waals surface area contributed by atoms with Crippen LogP contribution < -0.4 is 5.32 Å². The number of imide groups is 1. The van der Waals surface area contributed by atoms with E-state index in [0.29, 0.717) is 21.8 Å². The van der Waals surface area contributed by atoms with Crippen LogP contribution in [0.25, 0.3) is 0 Å².